The Balaban J connectivity index is 1.26. The molecule has 1 amide bonds. The van der Waals surface area contributed by atoms with Gasteiger partial charge in [0.1, 0.15) is 5.82 Å². The second kappa shape index (κ2) is 9.56. The molecule has 0 aliphatic carbocycles. The predicted octanol–water partition coefficient (Wildman–Crippen LogP) is 5.78. The van der Waals surface area contributed by atoms with Gasteiger partial charge in [0.25, 0.3) is 5.91 Å². The zero-order chi connectivity index (χ0) is 24.2. The molecule has 0 aliphatic rings. The van der Waals surface area contributed by atoms with Crippen molar-refractivity contribution in [2.75, 3.05) is 16.0 Å². The molecular formula is C27H23N7O. The number of benzene rings is 3. The first kappa shape index (κ1) is 22.0. The molecule has 5 rings (SSSR count). The number of carbonyl (C=O) groups excluding carboxylic acids is 1. The van der Waals surface area contributed by atoms with Gasteiger partial charge in [-0.05, 0) is 68.4 Å². The number of hydrogen-bond acceptors (Lipinski definition) is 7. The Kier molecular flexibility index (Phi) is 6.00. The summed E-state index contributed by atoms with van der Waals surface area (Å²) in [6.07, 6.45) is 3.23. The Hall–Kier alpha value is -4.85. The zero-order valence-electron chi connectivity index (χ0n) is 19.3. The van der Waals surface area contributed by atoms with Gasteiger partial charge in [-0.3, -0.25) is 14.8 Å². The number of amides is 1. The monoisotopic (exact) mass is 461 g/mol. The highest BCUT2D eigenvalue weighted by molar-refractivity contribution is 6.05. The third-order valence-corrected chi connectivity index (χ3v) is 5.31. The van der Waals surface area contributed by atoms with Crippen molar-refractivity contribution in [1.29, 1.82) is 0 Å². The number of aromatic nitrogens is 4. The van der Waals surface area contributed by atoms with Gasteiger partial charge in [0.15, 0.2) is 0 Å². The molecule has 0 radical (unpaired) electrons. The summed E-state index contributed by atoms with van der Waals surface area (Å²) < 4.78 is 0. The van der Waals surface area contributed by atoms with E-state index in [2.05, 4.69) is 42.8 Å². The van der Waals surface area contributed by atoms with Crippen molar-refractivity contribution >= 4 is 45.8 Å². The van der Waals surface area contributed by atoms with Gasteiger partial charge in [-0.25, -0.2) is 4.98 Å². The number of rotatable bonds is 6. The molecule has 3 N–H and O–H groups in total. The van der Waals surface area contributed by atoms with E-state index in [4.69, 9.17) is 0 Å². The molecule has 0 atom stereocenters. The summed E-state index contributed by atoms with van der Waals surface area (Å²) in [5.41, 5.74) is 6.40. The molecule has 5 aromatic rings. The van der Waals surface area contributed by atoms with Crippen LogP contribution < -0.4 is 16.0 Å². The predicted molar refractivity (Wildman–Crippen MR) is 138 cm³/mol. The van der Waals surface area contributed by atoms with Crippen molar-refractivity contribution in [3.05, 3.63) is 102 Å². The smallest absolute Gasteiger partial charge is 0.255 e. The van der Waals surface area contributed by atoms with Gasteiger partial charge >= 0.3 is 0 Å². The van der Waals surface area contributed by atoms with Crippen molar-refractivity contribution in [2.45, 2.75) is 13.8 Å². The minimum absolute atomic E-state index is 0.216. The van der Waals surface area contributed by atoms with Gasteiger partial charge in [0, 0.05) is 46.8 Å². The van der Waals surface area contributed by atoms with Crippen LogP contribution in [-0.2, 0) is 0 Å². The van der Waals surface area contributed by atoms with Crippen LogP contribution in [0.5, 0.6) is 0 Å². The summed E-state index contributed by atoms with van der Waals surface area (Å²) in [6, 6.07) is 22.6. The van der Waals surface area contributed by atoms with Crippen LogP contribution in [0.4, 0.5) is 28.8 Å². The first-order valence-corrected chi connectivity index (χ1v) is 11.1. The van der Waals surface area contributed by atoms with Crippen LogP contribution in [-0.4, -0.2) is 25.8 Å². The molecule has 0 bridgehead atoms. The summed E-state index contributed by atoms with van der Waals surface area (Å²) in [4.78, 5) is 30.2. The number of hydrogen-bond donors (Lipinski definition) is 3. The lowest BCUT2D eigenvalue weighted by atomic mass is 10.1. The maximum absolute atomic E-state index is 12.7. The molecule has 35 heavy (non-hydrogen) atoms. The molecular weight excluding hydrogens is 438 g/mol. The van der Waals surface area contributed by atoms with Gasteiger partial charge in [0.2, 0.25) is 5.95 Å². The van der Waals surface area contributed by atoms with Gasteiger partial charge in [0.05, 0.1) is 11.0 Å². The highest BCUT2D eigenvalue weighted by Gasteiger charge is 2.09. The van der Waals surface area contributed by atoms with E-state index in [9.17, 15) is 4.79 Å². The van der Waals surface area contributed by atoms with Crippen molar-refractivity contribution in [3.8, 4) is 0 Å². The Labute approximate surface area is 202 Å². The largest absolute Gasteiger partial charge is 0.340 e. The quantitative estimate of drug-likeness (QED) is 0.294. The Morgan fingerprint density at radius 3 is 2.11 bits per heavy atom. The number of anilines is 5. The Bertz CT molecular complexity index is 1500. The molecule has 2 heterocycles. The SMILES string of the molecule is Cc1ccc(Nc2cc(C)nc(Nc3ccc(NC(=O)c4ccc5nccnc5c4)cc3)n2)cc1. The lowest BCUT2D eigenvalue weighted by Crippen LogP contribution is -2.12. The third-order valence-electron chi connectivity index (χ3n) is 5.31. The number of fused-ring (bicyclic) bond motifs is 1. The second-order valence-corrected chi connectivity index (χ2v) is 8.13. The summed E-state index contributed by atoms with van der Waals surface area (Å²) in [5, 5.41) is 9.44. The molecule has 8 nitrogen and oxygen atoms in total. The topological polar surface area (TPSA) is 105 Å². The van der Waals surface area contributed by atoms with Crippen molar-refractivity contribution in [3.63, 3.8) is 0 Å². The minimum Gasteiger partial charge on any atom is -0.340 e. The molecule has 0 saturated heterocycles. The lowest BCUT2D eigenvalue weighted by molar-refractivity contribution is 0.102. The first-order chi connectivity index (χ1) is 17.0. The van der Waals surface area contributed by atoms with Gasteiger partial charge in [-0.1, -0.05) is 17.7 Å². The van der Waals surface area contributed by atoms with Crippen LogP contribution in [0.2, 0.25) is 0 Å². The van der Waals surface area contributed by atoms with Gasteiger partial charge < -0.3 is 16.0 Å². The number of nitrogens with one attached hydrogen (secondary N) is 3. The van der Waals surface area contributed by atoms with E-state index in [1.165, 1.54) is 5.56 Å². The van der Waals surface area contributed by atoms with Gasteiger partial charge in [-0.2, -0.15) is 4.98 Å². The fraction of sp³-hybridized carbons (Fsp3) is 0.0741. The molecule has 0 aliphatic heterocycles. The normalized spacial score (nSPS) is 10.7. The average molecular weight is 462 g/mol. The molecule has 0 saturated carbocycles. The maximum Gasteiger partial charge on any atom is 0.255 e. The first-order valence-electron chi connectivity index (χ1n) is 11.1. The summed E-state index contributed by atoms with van der Waals surface area (Å²) in [6.45, 7) is 3.97. The molecule has 0 spiro atoms. The van der Waals surface area contributed by atoms with Gasteiger partial charge in [-0.15, -0.1) is 0 Å². The van der Waals surface area contributed by atoms with Crippen LogP contribution >= 0.6 is 0 Å². The fourth-order valence-corrected chi connectivity index (χ4v) is 3.55. The zero-order valence-corrected chi connectivity index (χ0v) is 19.3. The van der Waals surface area contributed by atoms with E-state index in [-0.39, 0.29) is 5.91 Å². The van der Waals surface area contributed by atoms with E-state index >= 15 is 0 Å². The number of nitrogens with zero attached hydrogens (tertiary/aromatic N) is 4. The van der Waals surface area contributed by atoms with E-state index in [1.807, 2.05) is 61.5 Å². The standard InChI is InChI=1S/C27H23N7O/c1-17-3-6-20(7-4-17)31-25-15-18(2)30-27(34-25)33-22-10-8-21(9-11-22)32-26(35)19-5-12-23-24(16-19)29-14-13-28-23/h3-16H,1-2H3,(H,32,35)(H2,30,31,33,34). The second-order valence-electron chi connectivity index (χ2n) is 8.13. The molecule has 3 aromatic carbocycles. The summed E-state index contributed by atoms with van der Waals surface area (Å²) in [5.74, 6) is 0.966. The van der Waals surface area contributed by atoms with E-state index < -0.39 is 0 Å². The molecule has 2 aromatic heterocycles. The van der Waals surface area contributed by atoms with Crippen molar-refractivity contribution in [2.24, 2.45) is 0 Å². The van der Waals surface area contributed by atoms with Crippen LogP contribution in [0.3, 0.4) is 0 Å². The number of carbonyl (C=O) groups is 1. The highest BCUT2D eigenvalue weighted by atomic mass is 16.1. The van der Waals surface area contributed by atoms with Crippen LogP contribution in [0.1, 0.15) is 21.6 Å². The van der Waals surface area contributed by atoms with E-state index in [0.717, 1.165) is 22.6 Å². The molecule has 0 fully saturated rings. The van der Waals surface area contributed by atoms with Crippen molar-refractivity contribution in [1.82, 2.24) is 19.9 Å². The van der Waals surface area contributed by atoms with Crippen LogP contribution in [0.15, 0.2) is 85.2 Å². The maximum atomic E-state index is 12.7. The Morgan fingerprint density at radius 2 is 1.34 bits per heavy atom. The van der Waals surface area contributed by atoms with Crippen LogP contribution in [0, 0.1) is 13.8 Å². The lowest BCUT2D eigenvalue weighted by Gasteiger charge is -2.11. The Morgan fingerprint density at radius 1 is 0.686 bits per heavy atom. The van der Waals surface area contributed by atoms with E-state index in [0.29, 0.717) is 28.5 Å². The minimum atomic E-state index is -0.216. The van der Waals surface area contributed by atoms with Crippen LogP contribution in [0.25, 0.3) is 11.0 Å². The summed E-state index contributed by atoms with van der Waals surface area (Å²) >= 11 is 0. The molecule has 8 heteroatoms. The third kappa shape index (κ3) is 5.39. The van der Waals surface area contributed by atoms with E-state index in [1.54, 1.807) is 30.6 Å². The fourth-order valence-electron chi connectivity index (χ4n) is 3.55. The molecule has 0 unspecified atom stereocenters. The summed E-state index contributed by atoms with van der Waals surface area (Å²) in [7, 11) is 0. The molecule has 172 valence electrons. The number of aryl methyl sites for hydroxylation is 2. The van der Waals surface area contributed by atoms with Crippen molar-refractivity contribution < 1.29 is 4.79 Å². The highest BCUT2D eigenvalue weighted by Crippen LogP contribution is 2.21. The average Bonchev–Trinajstić information content (AvgIpc) is 2.86.